The molecule has 0 aromatic heterocycles. The predicted octanol–water partition coefficient (Wildman–Crippen LogP) is 4.12. The van der Waals surface area contributed by atoms with Crippen LogP contribution in [0.15, 0.2) is 0 Å². The summed E-state index contributed by atoms with van der Waals surface area (Å²) in [5.74, 6) is 0.351. The van der Waals surface area contributed by atoms with Crippen molar-refractivity contribution in [2.45, 2.75) is 73.3 Å². The van der Waals surface area contributed by atoms with Gasteiger partial charge in [0.25, 0.3) is 0 Å². The highest BCUT2D eigenvalue weighted by Gasteiger charge is 2.66. The number of hydrogen-bond donors (Lipinski definition) is 0. The number of alkyl halides is 3. The van der Waals surface area contributed by atoms with Crippen LogP contribution in [0.2, 0.25) is 0 Å². The maximum absolute atomic E-state index is 13.0. The molecule has 4 nitrogen and oxygen atoms in total. The second-order valence-corrected chi connectivity index (χ2v) is 12.8. The molecule has 3 saturated carbocycles. The second-order valence-electron chi connectivity index (χ2n) is 7.46. The molecular formula is C15H24F3O4S2+. The maximum atomic E-state index is 13.0. The van der Waals surface area contributed by atoms with Crippen molar-refractivity contribution in [3.63, 3.8) is 0 Å². The van der Waals surface area contributed by atoms with E-state index in [4.69, 9.17) is 0 Å². The number of carbonyl (C=O) groups is 1. The van der Waals surface area contributed by atoms with E-state index in [0.717, 1.165) is 32.1 Å². The van der Waals surface area contributed by atoms with E-state index in [1.54, 1.807) is 6.26 Å². The van der Waals surface area contributed by atoms with Gasteiger partial charge in [-0.1, -0.05) is 6.42 Å². The zero-order chi connectivity index (χ0) is 17.8. The Morgan fingerprint density at radius 1 is 1.12 bits per heavy atom. The first-order valence-corrected chi connectivity index (χ1v) is 11.9. The quantitative estimate of drug-likeness (QED) is 0.413. The average Bonchev–Trinajstić information content (AvgIpc) is 3.08. The third kappa shape index (κ3) is 2.80. The summed E-state index contributed by atoms with van der Waals surface area (Å²) in [5, 5.41) is -0.639. The van der Waals surface area contributed by atoms with Gasteiger partial charge < -0.3 is 0 Å². The smallest absolute Gasteiger partial charge is 0.298 e. The van der Waals surface area contributed by atoms with E-state index < -0.39 is 35.9 Å². The minimum Gasteiger partial charge on any atom is -0.298 e. The lowest BCUT2D eigenvalue weighted by atomic mass is 9.99. The summed E-state index contributed by atoms with van der Waals surface area (Å²) in [5.41, 5.74) is -5.40. The van der Waals surface area contributed by atoms with Gasteiger partial charge in [0.1, 0.15) is 5.25 Å². The van der Waals surface area contributed by atoms with Crippen LogP contribution in [0.4, 0.5) is 13.2 Å². The van der Waals surface area contributed by atoms with Crippen LogP contribution in [0.25, 0.3) is 0 Å². The molecule has 3 fully saturated rings. The summed E-state index contributed by atoms with van der Waals surface area (Å²) in [4.78, 5) is 12.5. The fourth-order valence-corrected chi connectivity index (χ4v) is 11.3. The van der Waals surface area contributed by atoms with Crippen molar-refractivity contribution in [2.75, 3.05) is 6.26 Å². The first-order valence-electron chi connectivity index (χ1n) is 8.36. The summed E-state index contributed by atoms with van der Waals surface area (Å²) in [6, 6.07) is 0. The molecule has 0 heterocycles. The number of hydrogen-bond acceptors (Lipinski definition) is 3. The summed E-state index contributed by atoms with van der Waals surface area (Å²) in [6.45, 7) is 0. The molecule has 0 radical (unpaired) electrons. The van der Waals surface area contributed by atoms with Gasteiger partial charge in [-0.05, 0) is 61.2 Å². The maximum Gasteiger partial charge on any atom is 0.572 e. The van der Waals surface area contributed by atoms with Crippen LogP contribution in [-0.2, 0) is 14.9 Å². The lowest BCUT2D eigenvalue weighted by Crippen LogP contribution is -2.47. The van der Waals surface area contributed by atoms with Gasteiger partial charge in [0, 0.05) is 12.7 Å². The van der Waals surface area contributed by atoms with E-state index in [-0.39, 0.29) is 5.78 Å². The molecular weight excluding hydrogens is 365 g/mol. The van der Waals surface area contributed by atoms with Crippen LogP contribution in [0.3, 0.4) is 0 Å². The van der Waals surface area contributed by atoms with Crippen LogP contribution in [0.5, 0.6) is 0 Å². The summed E-state index contributed by atoms with van der Waals surface area (Å²) < 4.78 is 65.8. The van der Waals surface area contributed by atoms with Crippen molar-refractivity contribution in [2.24, 2.45) is 5.92 Å². The Hall–Kier alpha value is -0.280. The van der Waals surface area contributed by atoms with Gasteiger partial charge in [0.15, 0.2) is 5.78 Å². The largest absolute Gasteiger partial charge is 0.572 e. The van der Waals surface area contributed by atoms with Crippen molar-refractivity contribution < 1.29 is 30.0 Å². The lowest BCUT2D eigenvalue weighted by Gasteiger charge is -2.49. The molecule has 140 valence electrons. The van der Waals surface area contributed by atoms with Crippen LogP contribution >= 0.6 is 10.3 Å². The molecule has 9 heteroatoms. The molecule has 3 aliphatic rings. The third-order valence-electron chi connectivity index (χ3n) is 6.15. The van der Waals surface area contributed by atoms with E-state index in [2.05, 4.69) is 3.63 Å². The minimum atomic E-state index is -5.59. The molecule has 2 atom stereocenters. The average molecular weight is 389 g/mol. The monoisotopic (exact) mass is 389 g/mol. The van der Waals surface area contributed by atoms with Gasteiger partial charge in [-0.25, -0.2) is 0 Å². The second kappa shape index (κ2) is 5.87. The van der Waals surface area contributed by atoms with Crippen LogP contribution in [0, 0.1) is 5.92 Å². The number of carbonyl (C=O) groups excluding carboxylic acids is 1. The van der Waals surface area contributed by atoms with Gasteiger partial charge in [0.2, 0.25) is 0 Å². The van der Waals surface area contributed by atoms with Gasteiger partial charge >= 0.3 is 15.6 Å². The van der Waals surface area contributed by atoms with Gasteiger partial charge in [-0.15, -0.1) is 8.42 Å². The van der Waals surface area contributed by atoms with Gasteiger partial charge in [-0.3, -0.25) is 8.42 Å². The highest BCUT2D eigenvalue weighted by atomic mass is 32.3. The van der Waals surface area contributed by atoms with Crippen molar-refractivity contribution in [1.29, 1.82) is 0 Å². The molecule has 0 aromatic rings. The zero-order valence-corrected chi connectivity index (χ0v) is 15.3. The minimum absolute atomic E-state index is 0.0930. The van der Waals surface area contributed by atoms with Crippen molar-refractivity contribution in [1.82, 2.24) is 0 Å². The topological polar surface area (TPSA) is 64.0 Å². The summed E-state index contributed by atoms with van der Waals surface area (Å²) in [6.07, 6.45) is 7.79. The molecule has 2 unspecified atom stereocenters. The Bertz CT molecular complexity index is 623. The van der Waals surface area contributed by atoms with E-state index >= 15 is 0 Å². The standard InChI is InChI=1S/C15H23F3O4S2/c1-23(13-5-3-2-4-12(13)19,22-24(20,21)15(16,17)18)14-8-6-11(10-14)7-9-14/h11,13H,2-10H2,1H3/p+1. The zero-order valence-electron chi connectivity index (χ0n) is 13.6. The van der Waals surface area contributed by atoms with Crippen molar-refractivity contribution >= 4 is 26.2 Å². The first-order chi connectivity index (χ1) is 11.0. The Balaban J connectivity index is 2.03. The molecule has 1 N–H and O–H groups in total. The fraction of sp³-hybridized carbons (Fsp3) is 0.933. The molecule has 3 aliphatic carbocycles. The van der Waals surface area contributed by atoms with Gasteiger partial charge in [0.05, 0.1) is 4.75 Å². The Kier molecular flexibility index (Phi) is 4.53. The highest BCUT2D eigenvalue weighted by molar-refractivity contribution is 8.33. The van der Waals surface area contributed by atoms with E-state index in [1.807, 2.05) is 0 Å². The van der Waals surface area contributed by atoms with Gasteiger partial charge in [-0.2, -0.15) is 13.2 Å². The first kappa shape index (κ1) is 18.5. The Labute approximate surface area is 142 Å². The van der Waals surface area contributed by atoms with Crippen LogP contribution in [0.1, 0.15) is 57.8 Å². The lowest BCUT2D eigenvalue weighted by molar-refractivity contribution is -0.120. The molecule has 0 spiro atoms. The SMILES string of the molecule is CS([OH+]S(=O)(=O)C(F)(F)F)(C1CCCCC1=O)C12CCC(CC1)C2. The number of Topliss-reactive ketones (excluding diaryl/α,β-unsaturated/α-hetero) is 1. The van der Waals surface area contributed by atoms with Crippen LogP contribution in [-0.4, -0.2) is 39.6 Å². The Morgan fingerprint density at radius 2 is 1.75 bits per heavy atom. The van der Waals surface area contributed by atoms with E-state index in [1.165, 1.54) is 0 Å². The third-order valence-corrected chi connectivity index (χ3v) is 12.7. The Morgan fingerprint density at radius 3 is 2.21 bits per heavy atom. The molecule has 24 heavy (non-hydrogen) atoms. The fourth-order valence-electron chi connectivity index (χ4n) is 4.84. The number of ketones is 1. The number of halogens is 3. The normalized spacial score (nSPS) is 38.1. The number of rotatable bonds is 4. The summed E-state index contributed by atoms with van der Waals surface area (Å²) in [7, 11) is -8.20. The summed E-state index contributed by atoms with van der Waals surface area (Å²) >= 11 is 0. The van der Waals surface area contributed by atoms with Crippen molar-refractivity contribution in [3.05, 3.63) is 0 Å². The number of fused-ring (bicyclic) bond motifs is 2. The molecule has 3 rings (SSSR count). The molecule has 0 aliphatic heterocycles. The van der Waals surface area contributed by atoms with E-state index in [0.29, 0.717) is 31.6 Å². The van der Waals surface area contributed by atoms with E-state index in [9.17, 15) is 26.4 Å². The molecule has 0 aromatic carbocycles. The highest BCUT2D eigenvalue weighted by Crippen LogP contribution is 2.73. The molecule has 2 bridgehead atoms. The predicted molar refractivity (Wildman–Crippen MR) is 87.7 cm³/mol. The molecule has 0 amide bonds. The van der Waals surface area contributed by atoms with Crippen molar-refractivity contribution in [3.8, 4) is 0 Å². The van der Waals surface area contributed by atoms with Crippen LogP contribution < -0.4 is 0 Å². The molecule has 0 saturated heterocycles.